The highest BCUT2D eigenvalue weighted by atomic mass is 32.1. The summed E-state index contributed by atoms with van der Waals surface area (Å²) in [6, 6.07) is 20.2. The Morgan fingerprint density at radius 1 is 0.968 bits per heavy atom. The molecule has 0 atom stereocenters. The van der Waals surface area contributed by atoms with Gasteiger partial charge in [0.2, 0.25) is 0 Å². The molecular formula is C25H20N4OS. The van der Waals surface area contributed by atoms with E-state index in [1.807, 2.05) is 59.4 Å². The largest absolute Gasteiger partial charge is 0.294 e. The molecule has 152 valence electrons. The van der Waals surface area contributed by atoms with Gasteiger partial charge in [-0.1, -0.05) is 48.5 Å². The molecular weight excluding hydrogens is 404 g/mol. The number of aryl methyl sites for hydroxylation is 2. The number of para-hydroxylation sites is 1. The molecule has 0 aliphatic heterocycles. The average Bonchev–Trinajstić information content (AvgIpc) is 3.51. The summed E-state index contributed by atoms with van der Waals surface area (Å²) in [4.78, 5) is 20.2. The summed E-state index contributed by atoms with van der Waals surface area (Å²) in [5.74, 6) is 0. The molecule has 1 aliphatic rings. The van der Waals surface area contributed by atoms with Crippen molar-refractivity contribution in [3.63, 3.8) is 0 Å². The van der Waals surface area contributed by atoms with Crippen LogP contribution in [0.2, 0.25) is 0 Å². The molecule has 6 rings (SSSR count). The summed E-state index contributed by atoms with van der Waals surface area (Å²) < 4.78 is 3.61. The van der Waals surface area contributed by atoms with Gasteiger partial charge < -0.3 is 0 Å². The Hall–Kier alpha value is -3.51. The van der Waals surface area contributed by atoms with Crippen LogP contribution in [0.4, 0.5) is 0 Å². The van der Waals surface area contributed by atoms with Crippen LogP contribution in [0.15, 0.2) is 78.0 Å². The zero-order chi connectivity index (χ0) is 20.8. The van der Waals surface area contributed by atoms with Crippen LogP contribution in [0.3, 0.4) is 0 Å². The van der Waals surface area contributed by atoms with E-state index in [9.17, 15) is 4.79 Å². The van der Waals surface area contributed by atoms with E-state index in [1.54, 1.807) is 22.2 Å². The molecule has 0 N–H and O–H groups in total. The molecule has 6 heteroatoms. The fourth-order valence-electron chi connectivity index (χ4n) is 4.39. The highest BCUT2D eigenvalue weighted by Gasteiger charge is 2.22. The molecule has 0 saturated carbocycles. The van der Waals surface area contributed by atoms with Crippen molar-refractivity contribution in [3.8, 4) is 16.9 Å². The molecule has 31 heavy (non-hydrogen) atoms. The fraction of sp³-hybridized carbons (Fsp3) is 0.160. The van der Waals surface area contributed by atoms with E-state index in [-0.39, 0.29) is 5.56 Å². The number of thiophene rings is 1. The number of hydrogen-bond acceptors (Lipinski definition) is 4. The van der Waals surface area contributed by atoms with E-state index < -0.39 is 0 Å². The van der Waals surface area contributed by atoms with Gasteiger partial charge in [-0.2, -0.15) is 5.10 Å². The second-order valence-electron chi connectivity index (χ2n) is 7.86. The van der Waals surface area contributed by atoms with Gasteiger partial charge in [-0.25, -0.2) is 9.67 Å². The quantitative estimate of drug-likeness (QED) is 0.415. The van der Waals surface area contributed by atoms with Crippen LogP contribution >= 0.6 is 11.3 Å². The predicted octanol–water partition coefficient (Wildman–Crippen LogP) is 4.85. The summed E-state index contributed by atoms with van der Waals surface area (Å²) in [5.41, 5.74) is 5.16. The molecule has 0 bridgehead atoms. The third kappa shape index (κ3) is 3.11. The standard InChI is InChI=1S/C25H20N4OS/c30-25-22-20-12-7-13-21(20)31-24(22)26-16-28(25)14-18-15-29(19-10-5-2-6-11-19)27-23(18)17-8-3-1-4-9-17/h1-6,8-11,15-16H,7,12-14H2. The molecule has 0 saturated heterocycles. The number of fused-ring (bicyclic) bond motifs is 3. The maximum absolute atomic E-state index is 13.4. The SMILES string of the molecule is O=c1c2c3c(sc2ncn1Cc1cn(-c2ccccc2)nc1-c1ccccc1)CCC3. The van der Waals surface area contributed by atoms with E-state index in [4.69, 9.17) is 5.10 Å². The van der Waals surface area contributed by atoms with Crippen LogP contribution in [0.25, 0.3) is 27.2 Å². The number of aromatic nitrogens is 4. The average molecular weight is 425 g/mol. The number of rotatable bonds is 4. The van der Waals surface area contributed by atoms with Crippen LogP contribution in [0.5, 0.6) is 0 Å². The van der Waals surface area contributed by atoms with Crippen molar-refractivity contribution in [1.82, 2.24) is 19.3 Å². The summed E-state index contributed by atoms with van der Waals surface area (Å²) in [6.45, 7) is 0.434. The Bertz CT molecular complexity index is 1450. The Labute approximate surface area is 183 Å². The first-order chi connectivity index (χ1) is 15.3. The normalized spacial score (nSPS) is 13.0. The van der Waals surface area contributed by atoms with E-state index in [0.29, 0.717) is 6.54 Å². The Kier molecular flexibility index (Phi) is 4.32. The van der Waals surface area contributed by atoms with Crippen molar-refractivity contribution in [2.45, 2.75) is 25.8 Å². The molecule has 0 fully saturated rings. The first-order valence-electron chi connectivity index (χ1n) is 10.5. The van der Waals surface area contributed by atoms with E-state index in [2.05, 4.69) is 17.1 Å². The van der Waals surface area contributed by atoms with Gasteiger partial charge in [0.15, 0.2) is 0 Å². The van der Waals surface area contributed by atoms with Crippen molar-refractivity contribution in [3.05, 3.63) is 99.5 Å². The summed E-state index contributed by atoms with van der Waals surface area (Å²) in [6.07, 6.45) is 6.89. The zero-order valence-electron chi connectivity index (χ0n) is 16.9. The maximum Gasteiger partial charge on any atom is 0.262 e. The minimum atomic E-state index is 0.0517. The fourth-order valence-corrected chi connectivity index (χ4v) is 5.61. The monoisotopic (exact) mass is 424 g/mol. The highest BCUT2D eigenvalue weighted by molar-refractivity contribution is 7.18. The van der Waals surface area contributed by atoms with Crippen LogP contribution in [0, 0.1) is 0 Å². The number of hydrogen-bond donors (Lipinski definition) is 0. The van der Waals surface area contributed by atoms with Gasteiger partial charge >= 0.3 is 0 Å². The van der Waals surface area contributed by atoms with Crippen molar-refractivity contribution in [1.29, 1.82) is 0 Å². The lowest BCUT2D eigenvalue weighted by atomic mass is 10.1. The van der Waals surface area contributed by atoms with Crippen LogP contribution in [0.1, 0.15) is 22.4 Å². The predicted molar refractivity (Wildman–Crippen MR) is 124 cm³/mol. The van der Waals surface area contributed by atoms with E-state index in [1.165, 1.54) is 10.4 Å². The van der Waals surface area contributed by atoms with Gasteiger partial charge in [0.05, 0.1) is 29.6 Å². The Balaban J connectivity index is 1.48. The summed E-state index contributed by atoms with van der Waals surface area (Å²) in [7, 11) is 0. The van der Waals surface area contributed by atoms with E-state index >= 15 is 0 Å². The Morgan fingerprint density at radius 2 is 1.74 bits per heavy atom. The molecule has 5 aromatic rings. The molecule has 0 radical (unpaired) electrons. The molecule has 0 unspecified atom stereocenters. The van der Waals surface area contributed by atoms with Crippen molar-refractivity contribution in [2.24, 2.45) is 0 Å². The molecule has 5 nitrogen and oxygen atoms in total. The van der Waals surface area contributed by atoms with Crippen molar-refractivity contribution >= 4 is 21.6 Å². The first kappa shape index (κ1) is 18.3. The highest BCUT2D eigenvalue weighted by Crippen LogP contribution is 2.34. The van der Waals surface area contributed by atoms with Gasteiger partial charge in [-0.15, -0.1) is 11.3 Å². The van der Waals surface area contributed by atoms with Gasteiger partial charge in [-0.3, -0.25) is 9.36 Å². The lowest BCUT2D eigenvalue weighted by molar-refractivity contribution is 0.748. The second kappa shape index (κ2) is 7.32. The number of nitrogens with zero attached hydrogens (tertiary/aromatic N) is 4. The minimum absolute atomic E-state index is 0.0517. The maximum atomic E-state index is 13.4. The molecule has 2 aromatic carbocycles. The van der Waals surface area contributed by atoms with E-state index in [0.717, 1.165) is 52.0 Å². The Morgan fingerprint density at radius 3 is 2.55 bits per heavy atom. The van der Waals surface area contributed by atoms with Crippen LogP contribution in [-0.2, 0) is 19.4 Å². The second-order valence-corrected chi connectivity index (χ2v) is 8.95. The number of benzene rings is 2. The molecule has 0 spiro atoms. The van der Waals surface area contributed by atoms with Gasteiger partial charge in [0.1, 0.15) is 4.83 Å². The lowest BCUT2D eigenvalue weighted by Gasteiger charge is -2.06. The third-order valence-electron chi connectivity index (χ3n) is 5.89. The summed E-state index contributed by atoms with van der Waals surface area (Å²) in [5, 5.41) is 5.69. The van der Waals surface area contributed by atoms with Crippen LogP contribution < -0.4 is 5.56 Å². The van der Waals surface area contributed by atoms with Gasteiger partial charge in [0.25, 0.3) is 5.56 Å². The zero-order valence-corrected chi connectivity index (χ0v) is 17.7. The smallest absolute Gasteiger partial charge is 0.262 e. The molecule has 3 aromatic heterocycles. The lowest BCUT2D eigenvalue weighted by Crippen LogP contribution is -2.21. The van der Waals surface area contributed by atoms with Gasteiger partial charge in [0, 0.05) is 22.2 Å². The third-order valence-corrected chi connectivity index (χ3v) is 7.09. The molecule has 0 amide bonds. The molecule has 3 heterocycles. The summed E-state index contributed by atoms with van der Waals surface area (Å²) >= 11 is 1.68. The van der Waals surface area contributed by atoms with Crippen LogP contribution in [-0.4, -0.2) is 19.3 Å². The van der Waals surface area contributed by atoms with Crippen molar-refractivity contribution in [2.75, 3.05) is 0 Å². The first-order valence-corrected chi connectivity index (χ1v) is 11.3. The van der Waals surface area contributed by atoms with Gasteiger partial charge in [-0.05, 0) is 37.0 Å². The molecule has 1 aliphatic carbocycles. The van der Waals surface area contributed by atoms with Crippen molar-refractivity contribution < 1.29 is 0 Å². The minimum Gasteiger partial charge on any atom is -0.294 e. The topological polar surface area (TPSA) is 52.7 Å².